The molecule has 7 heavy (non-hydrogen) atoms. The van der Waals surface area contributed by atoms with E-state index in [1.807, 2.05) is 0 Å². The molecule has 0 aliphatic heterocycles. The van der Waals surface area contributed by atoms with E-state index in [-0.39, 0.29) is 80.9 Å². The number of rotatable bonds is 0. The van der Waals surface area contributed by atoms with E-state index in [4.69, 9.17) is 15.7 Å². The molecule has 0 radical (unpaired) electrons. The van der Waals surface area contributed by atoms with Crippen LogP contribution in [0.5, 0.6) is 0 Å². The van der Waals surface area contributed by atoms with Crippen molar-refractivity contribution in [3.63, 3.8) is 0 Å². The summed E-state index contributed by atoms with van der Waals surface area (Å²) in [5, 5.41) is 0. The van der Waals surface area contributed by atoms with Crippen LogP contribution < -0.4 is 0 Å². The molecule has 0 aliphatic carbocycles. The van der Waals surface area contributed by atoms with Gasteiger partial charge in [0, 0.05) is 0 Å². The average molecular weight is 184 g/mol. The molecule has 36 valence electrons. The number of hydrogen-bond donors (Lipinski definition) is 1. The van der Waals surface area contributed by atoms with Crippen molar-refractivity contribution in [2.45, 2.75) is 0 Å². The predicted octanol–water partition coefficient (Wildman–Crippen LogP) is -2.21. The van der Waals surface area contributed by atoms with E-state index in [0.717, 1.165) is 0 Å². The Morgan fingerprint density at radius 3 is 1.14 bits per heavy atom. The molecule has 0 saturated carbocycles. The predicted molar refractivity (Wildman–Crippen MR) is 18.6 cm³/mol. The SMILES string of the molecule is [KH].[NaH].[O]=[Mn](=[O])(=[O])[OH]. The summed E-state index contributed by atoms with van der Waals surface area (Å²) in [6, 6.07) is 0. The maximum atomic E-state index is 8.69. The minimum atomic E-state index is -5.38. The summed E-state index contributed by atoms with van der Waals surface area (Å²) in [5.41, 5.74) is 0. The second-order valence-corrected chi connectivity index (χ2v) is 1.63. The Morgan fingerprint density at radius 2 is 1.14 bits per heavy atom. The van der Waals surface area contributed by atoms with Crippen molar-refractivity contribution in [2.24, 2.45) is 0 Å². The third-order valence-corrected chi connectivity index (χ3v) is 0. The van der Waals surface area contributed by atoms with Crippen LogP contribution in [0.1, 0.15) is 0 Å². The van der Waals surface area contributed by atoms with Gasteiger partial charge in [0.05, 0.1) is 0 Å². The van der Waals surface area contributed by atoms with Crippen LogP contribution in [0.4, 0.5) is 0 Å². The van der Waals surface area contributed by atoms with Crippen LogP contribution in [0.25, 0.3) is 0 Å². The Labute approximate surface area is 107 Å². The van der Waals surface area contributed by atoms with Gasteiger partial charge in [0.1, 0.15) is 0 Å². The fraction of sp³-hybridized carbons (Fsp3) is 0. The van der Waals surface area contributed by atoms with Crippen molar-refractivity contribution in [1.29, 1.82) is 0 Å². The topological polar surface area (TPSA) is 71.4 Å². The first-order chi connectivity index (χ1) is 2.00. The normalized spacial score (nSPS) is 8.14. The Balaban J connectivity index is -0.0000000800. The molecule has 7 heteroatoms. The zero-order valence-electron chi connectivity index (χ0n) is 2.05. The summed E-state index contributed by atoms with van der Waals surface area (Å²) in [4.78, 5) is 0. The van der Waals surface area contributed by atoms with Crippen molar-refractivity contribution in [3.05, 3.63) is 0 Å². The molecule has 1 N–H and O–H groups in total. The Kier molecular flexibility index (Phi) is 15.4. The second kappa shape index (κ2) is 6.63. The molecule has 0 aliphatic rings. The van der Waals surface area contributed by atoms with Crippen LogP contribution in [-0.2, 0) is 24.5 Å². The fourth-order valence-corrected chi connectivity index (χ4v) is 0. The summed E-state index contributed by atoms with van der Waals surface area (Å²) >= 11 is -5.38. The van der Waals surface area contributed by atoms with Crippen molar-refractivity contribution < 1.29 is 28.7 Å². The van der Waals surface area contributed by atoms with Crippen molar-refractivity contribution >= 4 is 80.9 Å². The molecule has 0 heterocycles. The van der Waals surface area contributed by atoms with Crippen molar-refractivity contribution in [3.8, 4) is 0 Å². The van der Waals surface area contributed by atoms with Gasteiger partial charge >= 0.3 is 110 Å². The van der Waals surface area contributed by atoms with Gasteiger partial charge < -0.3 is 0 Å². The molecule has 0 amide bonds. The van der Waals surface area contributed by atoms with Crippen LogP contribution in [0, 0.1) is 0 Å². The fourth-order valence-electron chi connectivity index (χ4n) is 0. The maximum absolute atomic E-state index is 8.69. The Hall–Kier alpha value is 2.52. The first-order valence-corrected chi connectivity index (χ1v) is 2.61. The van der Waals surface area contributed by atoms with Gasteiger partial charge in [0.15, 0.2) is 0 Å². The molecule has 0 rings (SSSR count). The quantitative estimate of drug-likeness (QED) is 0.433. The first-order valence-electron chi connectivity index (χ1n) is 0.632. The van der Waals surface area contributed by atoms with Gasteiger partial charge in [-0.15, -0.1) is 0 Å². The molecule has 0 aromatic rings. The summed E-state index contributed by atoms with van der Waals surface area (Å²) in [6.45, 7) is 0. The standard InChI is InChI=1S/K.Mn.Na.H2O.3O.2H/h;;;1H2;;;;;/q;+1;;;;;;;/p-1. The minimum absolute atomic E-state index is 0. The van der Waals surface area contributed by atoms with Crippen LogP contribution >= 0.6 is 0 Å². The van der Waals surface area contributed by atoms with Gasteiger partial charge in [-0.3, -0.25) is 0 Å². The van der Waals surface area contributed by atoms with E-state index in [1.165, 1.54) is 0 Å². The van der Waals surface area contributed by atoms with Gasteiger partial charge in [-0.05, 0) is 0 Å². The molecular weight excluding hydrogens is 181 g/mol. The summed E-state index contributed by atoms with van der Waals surface area (Å²) in [7, 11) is 0. The molecular formula is H3KMnNaO4. The monoisotopic (exact) mass is 184 g/mol. The van der Waals surface area contributed by atoms with Gasteiger partial charge in [0.2, 0.25) is 0 Å². The zero-order valence-corrected chi connectivity index (χ0v) is 3.23. The molecule has 0 spiro atoms. The summed E-state index contributed by atoms with van der Waals surface area (Å²) in [6.07, 6.45) is 0. The van der Waals surface area contributed by atoms with Gasteiger partial charge in [0.25, 0.3) is 0 Å². The molecule has 0 fully saturated rings. The molecule has 4 nitrogen and oxygen atoms in total. The van der Waals surface area contributed by atoms with E-state index < -0.39 is 13.0 Å². The van der Waals surface area contributed by atoms with E-state index in [2.05, 4.69) is 0 Å². The van der Waals surface area contributed by atoms with E-state index in [9.17, 15) is 0 Å². The van der Waals surface area contributed by atoms with Crippen LogP contribution in [0.3, 0.4) is 0 Å². The summed E-state index contributed by atoms with van der Waals surface area (Å²) in [5.74, 6) is 0. The zero-order chi connectivity index (χ0) is 4.50. The summed E-state index contributed by atoms with van der Waals surface area (Å²) < 4.78 is 33.1. The molecule has 0 unspecified atom stereocenters. The molecule has 0 bridgehead atoms. The molecule has 0 saturated heterocycles. The van der Waals surface area contributed by atoms with Crippen LogP contribution in [-0.4, -0.2) is 85.1 Å². The molecule has 0 atom stereocenters. The third kappa shape index (κ3) is 57.1. The Bertz CT molecular complexity index is 133. The van der Waals surface area contributed by atoms with E-state index in [0.29, 0.717) is 0 Å². The van der Waals surface area contributed by atoms with Crippen LogP contribution in [0.2, 0.25) is 0 Å². The molecule has 0 aromatic heterocycles. The van der Waals surface area contributed by atoms with E-state index >= 15 is 0 Å². The van der Waals surface area contributed by atoms with Gasteiger partial charge in [-0.1, -0.05) is 0 Å². The van der Waals surface area contributed by atoms with Gasteiger partial charge in [-0.25, -0.2) is 0 Å². The average Bonchev–Trinajstić information content (AvgIpc) is 0.722. The van der Waals surface area contributed by atoms with Gasteiger partial charge in [-0.2, -0.15) is 0 Å². The second-order valence-electron chi connectivity index (χ2n) is 0.396. The van der Waals surface area contributed by atoms with E-state index in [1.54, 1.807) is 0 Å². The van der Waals surface area contributed by atoms with Crippen LogP contribution in [0.15, 0.2) is 0 Å². The third-order valence-electron chi connectivity index (χ3n) is 0. The first kappa shape index (κ1) is 16.3. The van der Waals surface area contributed by atoms with Crippen molar-refractivity contribution in [1.82, 2.24) is 0 Å². The molecule has 0 aromatic carbocycles. The number of hydrogen-bond acceptors (Lipinski definition) is 3. The van der Waals surface area contributed by atoms with Crippen molar-refractivity contribution in [2.75, 3.05) is 0 Å². The Morgan fingerprint density at radius 1 is 1.14 bits per heavy atom.